The number of hydrogen-bond acceptors (Lipinski definition) is 9. The van der Waals surface area contributed by atoms with Gasteiger partial charge in [-0.15, -0.1) is 0 Å². The maximum Gasteiger partial charge on any atom is 0.351 e. The Morgan fingerprint density at radius 3 is 1.57 bits per heavy atom. The molecular formula is C35H63N3O9. The number of aromatic nitrogens is 2. The molecule has 1 aliphatic heterocycles. The SMILES string of the molecule is CCCCCCCCCCCCCCCCCCCCCC[C@@]1(O)[C@H](O)[C@@H](CO)O[C@H]1n1ccc(N)nc1=O.O=C(O)CCC(=O)O. The molecule has 0 aliphatic carbocycles. The lowest BCUT2D eigenvalue weighted by Crippen LogP contribution is -2.48. The van der Waals surface area contributed by atoms with Gasteiger partial charge in [0.1, 0.15) is 23.6 Å². The van der Waals surface area contributed by atoms with Crippen molar-refractivity contribution in [2.75, 3.05) is 12.3 Å². The first-order valence-electron chi connectivity index (χ1n) is 18.0. The molecule has 2 rings (SSSR count). The van der Waals surface area contributed by atoms with E-state index in [1.807, 2.05) is 0 Å². The van der Waals surface area contributed by atoms with Crippen LogP contribution in [0.3, 0.4) is 0 Å². The molecule has 12 heteroatoms. The molecule has 1 fully saturated rings. The van der Waals surface area contributed by atoms with Crippen molar-refractivity contribution in [1.82, 2.24) is 9.55 Å². The number of aliphatic hydroxyl groups excluding tert-OH is 2. The Bertz CT molecular complexity index is 1020. The van der Waals surface area contributed by atoms with Crippen LogP contribution < -0.4 is 11.4 Å². The average Bonchev–Trinajstić information content (AvgIpc) is 3.28. The first kappa shape index (κ1) is 42.5. The highest BCUT2D eigenvalue weighted by molar-refractivity contribution is 5.75. The number of ether oxygens (including phenoxy) is 1. The summed E-state index contributed by atoms with van der Waals surface area (Å²) in [6, 6.07) is 1.45. The van der Waals surface area contributed by atoms with Gasteiger partial charge < -0.3 is 36.0 Å². The molecule has 4 atom stereocenters. The van der Waals surface area contributed by atoms with Crippen LogP contribution >= 0.6 is 0 Å². The van der Waals surface area contributed by atoms with E-state index in [2.05, 4.69) is 11.9 Å². The Morgan fingerprint density at radius 2 is 1.21 bits per heavy atom. The largest absolute Gasteiger partial charge is 0.481 e. The molecule has 0 spiro atoms. The van der Waals surface area contributed by atoms with Crippen molar-refractivity contribution in [2.45, 2.75) is 179 Å². The van der Waals surface area contributed by atoms with Crippen LogP contribution in [0.5, 0.6) is 0 Å². The summed E-state index contributed by atoms with van der Waals surface area (Å²) in [7, 11) is 0. The zero-order valence-corrected chi connectivity index (χ0v) is 28.7. The molecule has 1 aromatic rings. The molecule has 0 bridgehead atoms. The third-order valence-corrected chi connectivity index (χ3v) is 8.86. The summed E-state index contributed by atoms with van der Waals surface area (Å²) in [5.41, 5.74) is 3.24. The van der Waals surface area contributed by atoms with E-state index in [-0.39, 0.29) is 25.1 Å². The molecule has 7 N–H and O–H groups in total. The first-order chi connectivity index (χ1) is 22.6. The van der Waals surface area contributed by atoms with E-state index in [4.69, 9.17) is 20.7 Å². The van der Waals surface area contributed by atoms with Crippen molar-refractivity contribution in [1.29, 1.82) is 0 Å². The quantitative estimate of drug-likeness (QED) is 0.0635. The number of carboxylic acids is 2. The fraction of sp³-hybridized carbons (Fsp3) is 0.829. The topological polar surface area (TPSA) is 205 Å². The van der Waals surface area contributed by atoms with Gasteiger partial charge in [-0.1, -0.05) is 135 Å². The summed E-state index contributed by atoms with van der Waals surface area (Å²) in [5, 5.41) is 47.3. The monoisotopic (exact) mass is 669 g/mol. The van der Waals surface area contributed by atoms with E-state index < -0.39 is 48.3 Å². The lowest BCUT2D eigenvalue weighted by atomic mass is 9.88. The van der Waals surface area contributed by atoms with Gasteiger partial charge in [-0.25, -0.2) is 4.79 Å². The van der Waals surface area contributed by atoms with Gasteiger partial charge in [0.25, 0.3) is 0 Å². The highest BCUT2D eigenvalue weighted by atomic mass is 16.6. The Balaban J connectivity index is 0.00000122. The van der Waals surface area contributed by atoms with E-state index in [1.165, 1.54) is 121 Å². The van der Waals surface area contributed by atoms with Gasteiger partial charge in [-0.3, -0.25) is 14.2 Å². The summed E-state index contributed by atoms with van der Waals surface area (Å²) < 4.78 is 6.82. The second-order valence-corrected chi connectivity index (χ2v) is 12.9. The van der Waals surface area contributed by atoms with Crippen LogP contribution in [0.15, 0.2) is 17.1 Å². The molecule has 1 aliphatic rings. The number of carbonyl (C=O) groups is 2. The van der Waals surface area contributed by atoms with Gasteiger partial charge >= 0.3 is 17.6 Å². The van der Waals surface area contributed by atoms with Crippen molar-refractivity contribution < 1.29 is 39.9 Å². The molecule has 0 amide bonds. The number of unbranched alkanes of at least 4 members (excludes halogenated alkanes) is 19. The second-order valence-electron chi connectivity index (χ2n) is 12.9. The number of hydrogen-bond donors (Lipinski definition) is 6. The summed E-state index contributed by atoms with van der Waals surface area (Å²) in [6.07, 6.45) is 23.5. The van der Waals surface area contributed by atoms with Crippen LogP contribution in [0.2, 0.25) is 0 Å². The number of rotatable bonds is 26. The second kappa shape index (κ2) is 25.5. The van der Waals surface area contributed by atoms with E-state index in [0.717, 1.165) is 17.4 Å². The highest BCUT2D eigenvalue weighted by Gasteiger charge is 2.55. The fourth-order valence-electron chi connectivity index (χ4n) is 6.03. The Kier molecular flexibility index (Phi) is 23.0. The number of carboxylic acid groups (broad SMARTS) is 2. The Labute approximate surface area is 280 Å². The number of nitrogen functional groups attached to an aromatic ring is 1. The lowest BCUT2D eigenvalue weighted by molar-refractivity contribution is -0.143. The van der Waals surface area contributed by atoms with E-state index >= 15 is 0 Å². The molecule has 0 saturated carbocycles. The zero-order chi connectivity index (χ0) is 34.9. The van der Waals surface area contributed by atoms with Gasteiger partial charge in [0, 0.05) is 6.20 Å². The number of aliphatic carboxylic acids is 2. The first-order valence-corrected chi connectivity index (χ1v) is 18.0. The molecular weight excluding hydrogens is 606 g/mol. The molecule has 0 unspecified atom stereocenters. The maximum atomic E-state index is 12.3. The summed E-state index contributed by atoms with van der Waals surface area (Å²) >= 11 is 0. The predicted molar refractivity (Wildman–Crippen MR) is 182 cm³/mol. The van der Waals surface area contributed by atoms with Gasteiger partial charge in [0.05, 0.1) is 19.4 Å². The van der Waals surface area contributed by atoms with Crippen molar-refractivity contribution >= 4 is 17.8 Å². The number of anilines is 1. The molecule has 47 heavy (non-hydrogen) atoms. The van der Waals surface area contributed by atoms with Crippen molar-refractivity contribution in [3.05, 3.63) is 22.7 Å². The van der Waals surface area contributed by atoms with Crippen LogP contribution in [0, 0.1) is 0 Å². The number of nitrogens with two attached hydrogens (primary N) is 1. The minimum Gasteiger partial charge on any atom is -0.481 e. The van der Waals surface area contributed by atoms with Crippen molar-refractivity contribution in [3.63, 3.8) is 0 Å². The third-order valence-electron chi connectivity index (χ3n) is 8.86. The molecule has 1 aromatic heterocycles. The van der Waals surface area contributed by atoms with Crippen LogP contribution in [-0.4, -0.2) is 71.4 Å². The van der Waals surface area contributed by atoms with Crippen LogP contribution in [0.1, 0.15) is 161 Å². The lowest BCUT2D eigenvalue weighted by Gasteiger charge is -2.31. The third kappa shape index (κ3) is 18.0. The zero-order valence-electron chi connectivity index (χ0n) is 28.7. The van der Waals surface area contributed by atoms with Crippen LogP contribution in [0.4, 0.5) is 5.82 Å². The molecule has 1 saturated heterocycles. The number of aliphatic hydroxyl groups is 3. The number of nitrogens with zero attached hydrogens (tertiary/aromatic N) is 2. The van der Waals surface area contributed by atoms with Gasteiger partial charge in [-0.05, 0) is 12.5 Å². The van der Waals surface area contributed by atoms with Gasteiger partial charge in [0.15, 0.2) is 6.23 Å². The molecule has 0 aromatic carbocycles. The van der Waals surface area contributed by atoms with Crippen molar-refractivity contribution in [2.24, 2.45) is 0 Å². The Morgan fingerprint density at radius 1 is 0.809 bits per heavy atom. The van der Waals surface area contributed by atoms with E-state index in [1.54, 1.807) is 0 Å². The molecule has 12 nitrogen and oxygen atoms in total. The Hall–Kier alpha value is -2.54. The standard InChI is InChI=1S/C31H57N3O5.C4H6O4/c1-2-3-4-5-6-7-8-9-10-11-12-13-14-15-16-17-18-19-20-21-23-31(38)28(36)26(25-35)39-29(31)34-24-22-27(32)33-30(34)37;5-3(6)1-2-4(7)8/h22,24,26,28-29,35-36,38H,2-21,23,25H2,1H3,(H2,32,33,37);1-2H2,(H,5,6)(H,7,8)/t26-,28-,29-,31-;/m1./s1. The van der Waals surface area contributed by atoms with Gasteiger partial charge in [-0.2, -0.15) is 4.98 Å². The smallest absolute Gasteiger partial charge is 0.351 e. The van der Waals surface area contributed by atoms with Gasteiger partial charge in [0.2, 0.25) is 0 Å². The average molecular weight is 670 g/mol. The van der Waals surface area contributed by atoms with Crippen molar-refractivity contribution in [3.8, 4) is 0 Å². The van der Waals surface area contributed by atoms with Crippen LogP contribution in [-0.2, 0) is 14.3 Å². The summed E-state index contributed by atoms with van der Waals surface area (Å²) in [4.78, 5) is 35.3. The van der Waals surface area contributed by atoms with E-state index in [9.17, 15) is 29.7 Å². The fourth-order valence-corrected chi connectivity index (χ4v) is 6.03. The molecule has 2 heterocycles. The maximum absolute atomic E-state index is 12.3. The molecule has 0 radical (unpaired) electrons. The summed E-state index contributed by atoms with van der Waals surface area (Å²) in [5.74, 6) is -2.08. The van der Waals surface area contributed by atoms with Crippen LogP contribution in [0.25, 0.3) is 0 Å². The van der Waals surface area contributed by atoms with E-state index in [0.29, 0.717) is 6.42 Å². The minimum atomic E-state index is -1.68. The molecule has 272 valence electrons. The normalized spacial score (nSPS) is 20.6. The highest BCUT2D eigenvalue weighted by Crippen LogP contribution is 2.41. The summed E-state index contributed by atoms with van der Waals surface area (Å²) in [6.45, 7) is 1.83. The predicted octanol–water partition coefficient (Wildman–Crippen LogP) is 5.96. The minimum absolute atomic E-state index is 0.0751.